The number of nitrogens with one attached hydrogen (secondary N) is 1. The maximum Gasteiger partial charge on any atom is 0.0914 e. The number of aromatic nitrogens is 3. The van der Waals surface area contributed by atoms with Crippen LogP contribution < -0.4 is 5.73 Å². The third-order valence-electron chi connectivity index (χ3n) is 3.03. The highest BCUT2D eigenvalue weighted by Gasteiger charge is 2.07. The number of benzene rings is 1. The fourth-order valence-electron chi connectivity index (χ4n) is 2.11. The second-order valence-electron chi connectivity index (χ2n) is 4.28. The minimum absolute atomic E-state index is 0.422. The van der Waals surface area contributed by atoms with Gasteiger partial charge in [-0.2, -0.15) is 0 Å². The third-order valence-corrected chi connectivity index (χ3v) is 3.03. The lowest BCUT2D eigenvalue weighted by atomic mass is 10.1. The molecule has 0 fully saturated rings. The number of H-pyrrole nitrogens is 1. The molecule has 0 atom stereocenters. The molecule has 90 valence electrons. The first-order valence-electron chi connectivity index (χ1n) is 5.88. The summed E-state index contributed by atoms with van der Waals surface area (Å²) in [6, 6.07) is 8.28. The van der Waals surface area contributed by atoms with Crippen LogP contribution in [-0.2, 0) is 6.54 Å². The molecule has 4 nitrogen and oxygen atoms in total. The van der Waals surface area contributed by atoms with Gasteiger partial charge in [0.2, 0.25) is 0 Å². The van der Waals surface area contributed by atoms with E-state index in [9.17, 15) is 0 Å². The van der Waals surface area contributed by atoms with Crippen LogP contribution in [0.25, 0.3) is 22.2 Å². The van der Waals surface area contributed by atoms with Gasteiger partial charge in [-0.05, 0) is 25.1 Å². The molecule has 3 N–H and O–H groups in total. The Morgan fingerprint density at radius 2 is 2.17 bits per heavy atom. The minimum atomic E-state index is 0.422. The second kappa shape index (κ2) is 4.23. The molecule has 18 heavy (non-hydrogen) atoms. The highest BCUT2D eigenvalue weighted by atomic mass is 14.8. The Bertz CT molecular complexity index is 700. The predicted octanol–water partition coefficient (Wildman–Crippen LogP) is 2.39. The van der Waals surface area contributed by atoms with Gasteiger partial charge in [0, 0.05) is 29.2 Å². The Labute approximate surface area is 105 Å². The fraction of sp³-hybridized carbons (Fsp3) is 0.143. The summed E-state index contributed by atoms with van der Waals surface area (Å²) in [4.78, 5) is 12.1. The normalized spacial score (nSPS) is 11.0. The van der Waals surface area contributed by atoms with Gasteiger partial charge < -0.3 is 10.7 Å². The van der Waals surface area contributed by atoms with Crippen molar-refractivity contribution in [3.63, 3.8) is 0 Å². The molecule has 4 heteroatoms. The molecule has 0 spiro atoms. The van der Waals surface area contributed by atoms with Crippen LogP contribution in [0.2, 0.25) is 0 Å². The fourth-order valence-corrected chi connectivity index (χ4v) is 2.11. The Morgan fingerprint density at radius 1 is 1.28 bits per heavy atom. The summed E-state index contributed by atoms with van der Waals surface area (Å²) < 4.78 is 0. The van der Waals surface area contributed by atoms with Crippen molar-refractivity contribution < 1.29 is 0 Å². The zero-order valence-electron chi connectivity index (χ0n) is 10.1. The standard InChI is InChI=1S/C14H14N4/c1-9-14(17-8-12(7-15)18-9)11-2-3-13-10(6-11)4-5-16-13/h2-6,8,16H,7,15H2,1H3. The molecular formula is C14H14N4. The SMILES string of the molecule is Cc1nc(CN)cnc1-c1ccc2[nH]ccc2c1. The molecular weight excluding hydrogens is 224 g/mol. The molecule has 0 aliphatic heterocycles. The molecule has 0 bridgehead atoms. The lowest BCUT2D eigenvalue weighted by Crippen LogP contribution is -2.03. The summed E-state index contributed by atoms with van der Waals surface area (Å²) in [6.45, 7) is 2.38. The van der Waals surface area contributed by atoms with Crippen molar-refractivity contribution in [2.45, 2.75) is 13.5 Å². The van der Waals surface area contributed by atoms with E-state index in [1.807, 2.05) is 13.1 Å². The van der Waals surface area contributed by atoms with E-state index in [-0.39, 0.29) is 0 Å². The summed E-state index contributed by atoms with van der Waals surface area (Å²) in [5.74, 6) is 0. The molecule has 0 radical (unpaired) electrons. The lowest BCUT2D eigenvalue weighted by molar-refractivity contribution is 0.943. The maximum absolute atomic E-state index is 5.56. The smallest absolute Gasteiger partial charge is 0.0914 e. The molecule has 2 aromatic heterocycles. The van der Waals surface area contributed by atoms with Gasteiger partial charge in [-0.3, -0.25) is 9.97 Å². The Morgan fingerprint density at radius 3 is 2.94 bits per heavy atom. The Kier molecular flexibility index (Phi) is 2.57. The van der Waals surface area contributed by atoms with Crippen molar-refractivity contribution >= 4 is 10.9 Å². The summed E-state index contributed by atoms with van der Waals surface area (Å²) in [6.07, 6.45) is 3.67. The summed E-state index contributed by atoms with van der Waals surface area (Å²) >= 11 is 0. The average molecular weight is 238 g/mol. The topological polar surface area (TPSA) is 67.6 Å². The highest BCUT2D eigenvalue weighted by Crippen LogP contribution is 2.24. The first-order chi connectivity index (χ1) is 8.78. The first kappa shape index (κ1) is 10.9. The summed E-state index contributed by atoms with van der Waals surface area (Å²) in [7, 11) is 0. The molecule has 1 aromatic carbocycles. The number of fused-ring (bicyclic) bond motifs is 1. The van der Waals surface area contributed by atoms with Gasteiger partial charge in [-0.15, -0.1) is 0 Å². The van der Waals surface area contributed by atoms with Crippen molar-refractivity contribution in [3.05, 3.63) is 48.0 Å². The van der Waals surface area contributed by atoms with Gasteiger partial charge in [-0.1, -0.05) is 6.07 Å². The largest absolute Gasteiger partial charge is 0.361 e. The van der Waals surface area contributed by atoms with E-state index in [1.54, 1.807) is 6.20 Å². The van der Waals surface area contributed by atoms with Crippen LogP contribution >= 0.6 is 0 Å². The van der Waals surface area contributed by atoms with Crippen LogP contribution in [0.3, 0.4) is 0 Å². The minimum Gasteiger partial charge on any atom is -0.361 e. The predicted molar refractivity (Wildman–Crippen MR) is 72.0 cm³/mol. The van der Waals surface area contributed by atoms with E-state index in [0.29, 0.717) is 6.54 Å². The number of aryl methyl sites for hydroxylation is 1. The van der Waals surface area contributed by atoms with Crippen LogP contribution in [-0.4, -0.2) is 15.0 Å². The van der Waals surface area contributed by atoms with Gasteiger partial charge in [0.1, 0.15) is 0 Å². The van der Waals surface area contributed by atoms with Gasteiger partial charge >= 0.3 is 0 Å². The first-order valence-corrected chi connectivity index (χ1v) is 5.88. The van der Waals surface area contributed by atoms with Crippen molar-refractivity contribution in [2.75, 3.05) is 0 Å². The van der Waals surface area contributed by atoms with Crippen LogP contribution in [0.1, 0.15) is 11.4 Å². The maximum atomic E-state index is 5.56. The molecule has 0 aliphatic carbocycles. The molecule has 2 heterocycles. The molecule has 0 aliphatic rings. The van der Waals surface area contributed by atoms with E-state index >= 15 is 0 Å². The van der Waals surface area contributed by atoms with Gasteiger partial charge in [-0.25, -0.2) is 0 Å². The van der Waals surface area contributed by atoms with E-state index in [4.69, 9.17) is 5.73 Å². The molecule has 0 unspecified atom stereocenters. The Hall–Kier alpha value is -2.20. The van der Waals surface area contributed by atoms with E-state index in [1.165, 1.54) is 5.39 Å². The van der Waals surface area contributed by atoms with Gasteiger partial charge in [0.05, 0.1) is 23.3 Å². The lowest BCUT2D eigenvalue weighted by Gasteiger charge is -2.06. The third kappa shape index (κ3) is 1.76. The molecule has 0 amide bonds. The number of rotatable bonds is 2. The highest BCUT2D eigenvalue weighted by molar-refractivity contribution is 5.84. The van der Waals surface area contributed by atoms with Crippen molar-refractivity contribution in [1.82, 2.24) is 15.0 Å². The molecule has 0 saturated heterocycles. The Balaban J connectivity index is 2.13. The van der Waals surface area contributed by atoms with E-state index < -0.39 is 0 Å². The van der Waals surface area contributed by atoms with Crippen LogP contribution in [0.5, 0.6) is 0 Å². The van der Waals surface area contributed by atoms with Crippen LogP contribution in [0.15, 0.2) is 36.7 Å². The molecule has 0 saturated carbocycles. The van der Waals surface area contributed by atoms with Gasteiger partial charge in [0.25, 0.3) is 0 Å². The number of aromatic amines is 1. The van der Waals surface area contributed by atoms with Gasteiger partial charge in [0.15, 0.2) is 0 Å². The van der Waals surface area contributed by atoms with E-state index in [2.05, 4.69) is 39.2 Å². The quantitative estimate of drug-likeness (QED) is 0.720. The zero-order chi connectivity index (χ0) is 12.5. The van der Waals surface area contributed by atoms with Crippen LogP contribution in [0.4, 0.5) is 0 Å². The summed E-state index contributed by atoms with van der Waals surface area (Å²) in [5, 5.41) is 1.18. The number of hydrogen-bond acceptors (Lipinski definition) is 3. The van der Waals surface area contributed by atoms with Crippen molar-refractivity contribution in [1.29, 1.82) is 0 Å². The number of nitrogens with two attached hydrogens (primary N) is 1. The molecule has 3 rings (SSSR count). The average Bonchev–Trinajstić information content (AvgIpc) is 2.85. The van der Waals surface area contributed by atoms with E-state index in [0.717, 1.165) is 28.2 Å². The summed E-state index contributed by atoms with van der Waals surface area (Å²) in [5.41, 5.74) is 10.4. The zero-order valence-corrected chi connectivity index (χ0v) is 10.1. The van der Waals surface area contributed by atoms with Crippen LogP contribution in [0, 0.1) is 6.92 Å². The number of nitrogens with zero attached hydrogens (tertiary/aromatic N) is 2. The second-order valence-corrected chi connectivity index (χ2v) is 4.28. The molecule has 3 aromatic rings. The monoisotopic (exact) mass is 238 g/mol. The van der Waals surface area contributed by atoms with Crippen molar-refractivity contribution in [2.24, 2.45) is 5.73 Å². The number of hydrogen-bond donors (Lipinski definition) is 2. The van der Waals surface area contributed by atoms with Crippen molar-refractivity contribution in [3.8, 4) is 11.3 Å².